The molecule has 0 saturated heterocycles. The molecule has 0 unspecified atom stereocenters. The summed E-state index contributed by atoms with van der Waals surface area (Å²) in [6.45, 7) is 9.27. The van der Waals surface area contributed by atoms with E-state index in [2.05, 4.69) is 24.1 Å². The minimum Gasteiger partial charge on any atom is -0.310 e. The molecule has 1 heterocycles. The third kappa shape index (κ3) is 4.85. The Hall–Kier alpha value is -0.980. The fourth-order valence-electron chi connectivity index (χ4n) is 1.76. The second kappa shape index (κ2) is 7.15. The van der Waals surface area contributed by atoms with E-state index in [4.69, 9.17) is 0 Å². The largest absolute Gasteiger partial charge is 0.310 e. The molecule has 0 aliphatic rings. The van der Waals surface area contributed by atoms with Crippen LogP contribution in [0.2, 0.25) is 0 Å². The van der Waals surface area contributed by atoms with Gasteiger partial charge in [0.2, 0.25) is 0 Å². The standard InChI is InChI=1S/C14H25N3O2S/c1-11(2)10-17(5)20(18,19)14-7-6-13(9-16-14)8-15-12(3)4/h6-7,9,11-12,15H,8,10H2,1-5H3. The van der Waals surface area contributed by atoms with Crippen molar-refractivity contribution in [1.82, 2.24) is 14.6 Å². The molecule has 0 fully saturated rings. The minimum atomic E-state index is -3.48. The van der Waals surface area contributed by atoms with Gasteiger partial charge in [-0.25, -0.2) is 13.4 Å². The Bertz CT molecular complexity index is 510. The lowest BCUT2D eigenvalue weighted by atomic mass is 10.2. The van der Waals surface area contributed by atoms with Gasteiger partial charge < -0.3 is 5.32 Å². The summed E-state index contributed by atoms with van der Waals surface area (Å²) in [7, 11) is -1.89. The van der Waals surface area contributed by atoms with Crippen molar-refractivity contribution in [2.45, 2.75) is 45.3 Å². The highest BCUT2D eigenvalue weighted by Crippen LogP contribution is 2.13. The normalized spacial score (nSPS) is 12.6. The van der Waals surface area contributed by atoms with Crippen molar-refractivity contribution in [1.29, 1.82) is 0 Å². The molecule has 0 aliphatic heterocycles. The van der Waals surface area contributed by atoms with Crippen molar-refractivity contribution < 1.29 is 8.42 Å². The van der Waals surface area contributed by atoms with Gasteiger partial charge in [-0.3, -0.25) is 0 Å². The first-order valence-electron chi connectivity index (χ1n) is 6.88. The van der Waals surface area contributed by atoms with Crippen LogP contribution in [0, 0.1) is 5.92 Å². The zero-order valence-electron chi connectivity index (χ0n) is 12.9. The van der Waals surface area contributed by atoms with Gasteiger partial charge in [-0.05, 0) is 17.5 Å². The molecular formula is C14H25N3O2S. The van der Waals surface area contributed by atoms with Crippen molar-refractivity contribution >= 4 is 10.0 Å². The summed E-state index contributed by atoms with van der Waals surface area (Å²) in [5.41, 5.74) is 0.976. The van der Waals surface area contributed by atoms with Crippen LogP contribution in [0.15, 0.2) is 23.4 Å². The summed E-state index contributed by atoms with van der Waals surface area (Å²) in [5.74, 6) is 0.282. The highest BCUT2D eigenvalue weighted by molar-refractivity contribution is 7.89. The van der Waals surface area contributed by atoms with Crippen molar-refractivity contribution in [3.8, 4) is 0 Å². The van der Waals surface area contributed by atoms with Crippen LogP contribution in [0.1, 0.15) is 33.3 Å². The molecule has 1 aromatic rings. The Balaban J connectivity index is 2.81. The topological polar surface area (TPSA) is 62.3 Å². The van der Waals surface area contributed by atoms with E-state index in [-0.39, 0.29) is 10.9 Å². The first-order chi connectivity index (χ1) is 9.23. The van der Waals surface area contributed by atoms with Crippen LogP contribution in [0.25, 0.3) is 0 Å². The first-order valence-corrected chi connectivity index (χ1v) is 8.32. The van der Waals surface area contributed by atoms with Crippen LogP contribution in [0.5, 0.6) is 0 Å². The second-order valence-electron chi connectivity index (χ2n) is 5.72. The number of nitrogens with zero attached hydrogens (tertiary/aromatic N) is 2. The molecule has 0 amide bonds. The van der Waals surface area contributed by atoms with Crippen LogP contribution >= 0.6 is 0 Å². The van der Waals surface area contributed by atoms with Gasteiger partial charge in [0, 0.05) is 32.4 Å². The highest BCUT2D eigenvalue weighted by Gasteiger charge is 2.22. The predicted octanol–water partition coefficient (Wildman–Crippen LogP) is 1.86. The molecule has 0 saturated carbocycles. The molecule has 5 nitrogen and oxygen atoms in total. The van der Waals surface area contributed by atoms with Crippen LogP contribution in [0.3, 0.4) is 0 Å². The maximum atomic E-state index is 12.3. The van der Waals surface area contributed by atoms with Crippen molar-refractivity contribution in [2.75, 3.05) is 13.6 Å². The summed E-state index contributed by atoms with van der Waals surface area (Å²) < 4.78 is 25.9. The number of sulfonamides is 1. The molecule has 0 bridgehead atoms. The van der Waals surface area contributed by atoms with Gasteiger partial charge in [-0.15, -0.1) is 0 Å². The lowest BCUT2D eigenvalue weighted by Gasteiger charge is -2.18. The lowest BCUT2D eigenvalue weighted by molar-refractivity contribution is 0.415. The summed E-state index contributed by atoms with van der Waals surface area (Å²) in [5, 5.41) is 3.37. The van der Waals surface area contributed by atoms with Crippen molar-refractivity contribution in [2.24, 2.45) is 5.92 Å². The fraction of sp³-hybridized carbons (Fsp3) is 0.643. The third-order valence-corrected chi connectivity index (χ3v) is 4.55. The molecule has 1 N–H and O–H groups in total. The Labute approximate surface area is 122 Å². The molecular weight excluding hydrogens is 274 g/mol. The fourth-order valence-corrected chi connectivity index (χ4v) is 3.00. The van der Waals surface area contributed by atoms with Crippen LogP contribution in [-0.4, -0.2) is 37.3 Å². The van der Waals surface area contributed by atoms with E-state index in [0.29, 0.717) is 19.1 Å². The third-order valence-electron chi connectivity index (χ3n) is 2.81. The Morgan fingerprint density at radius 3 is 2.35 bits per heavy atom. The average Bonchev–Trinajstić information content (AvgIpc) is 2.36. The summed E-state index contributed by atoms with van der Waals surface area (Å²) >= 11 is 0. The second-order valence-corrected chi connectivity index (χ2v) is 7.71. The van der Waals surface area contributed by atoms with Crippen molar-refractivity contribution in [3.05, 3.63) is 23.9 Å². The summed E-state index contributed by atoms with van der Waals surface area (Å²) in [4.78, 5) is 4.09. The maximum Gasteiger partial charge on any atom is 0.260 e. The minimum absolute atomic E-state index is 0.106. The molecule has 6 heteroatoms. The highest BCUT2D eigenvalue weighted by atomic mass is 32.2. The van der Waals surface area contributed by atoms with E-state index >= 15 is 0 Å². The van der Waals surface area contributed by atoms with Gasteiger partial charge in [-0.1, -0.05) is 33.8 Å². The smallest absolute Gasteiger partial charge is 0.260 e. The number of hydrogen-bond acceptors (Lipinski definition) is 4. The summed E-state index contributed by atoms with van der Waals surface area (Å²) in [6.07, 6.45) is 1.62. The van der Waals surface area contributed by atoms with Gasteiger partial charge in [0.1, 0.15) is 0 Å². The maximum absolute atomic E-state index is 12.3. The van der Waals surface area contributed by atoms with E-state index in [0.717, 1.165) is 5.56 Å². The molecule has 1 rings (SSSR count). The number of pyridine rings is 1. The molecule has 0 atom stereocenters. The van der Waals surface area contributed by atoms with E-state index < -0.39 is 10.0 Å². The lowest BCUT2D eigenvalue weighted by Crippen LogP contribution is -2.31. The average molecular weight is 299 g/mol. The number of hydrogen-bond donors (Lipinski definition) is 1. The van der Waals surface area contributed by atoms with E-state index in [1.165, 1.54) is 4.31 Å². The molecule has 20 heavy (non-hydrogen) atoms. The SMILES string of the molecule is CC(C)CN(C)S(=O)(=O)c1ccc(CNC(C)C)cn1. The molecule has 0 radical (unpaired) electrons. The molecule has 0 aromatic carbocycles. The molecule has 1 aromatic heterocycles. The predicted molar refractivity (Wildman–Crippen MR) is 80.9 cm³/mol. The number of nitrogens with one attached hydrogen (secondary N) is 1. The van der Waals surface area contributed by atoms with Crippen molar-refractivity contribution in [3.63, 3.8) is 0 Å². The van der Waals surface area contributed by atoms with Gasteiger partial charge in [-0.2, -0.15) is 4.31 Å². The quantitative estimate of drug-likeness (QED) is 0.835. The monoisotopic (exact) mass is 299 g/mol. The Kier molecular flexibility index (Phi) is 6.10. The van der Waals surface area contributed by atoms with Crippen LogP contribution in [-0.2, 0) is 16.6 Å². The van der Waals surface area contributed by atoms with Gasteiger partial charge in [0.05, 0.1) is 0 Å². The van der Waals surface area contributed by atoms with E-state index in [9.17, 15) is 8.42 Å². The van der Waals surface area contributed by atoms with E-state index in [1.807, 2.05) is 13.8 Å². The first kappa shape index (κ1) is 17.1. The number of rotatable bonds is 7. The number of aromatic nitrogens is 1. The van der Waals surface area contributed by atoms with Gasteiger partial charge >= 0.3 is 0 Å². The zero-order valence-corrected chi connectivity index (χ0v) is 13.7. The van der Waals surface area contributed by atoms with Crippen LogP contribution < -0.4 is 5.32 Å². The molecule has 0 spiro atoms. The molecule has 0 aliphatic carbocycles. The van der Waals surface area contributed by atoms with Gasteiger partial charge in [0.25, 0.3) is 10.0 Å². The van der Waals surface area contributed by atoms with Gasteiger partial charge in [0.15, 0.2) is 5.03 Å². The zero-order chi connectivity index (χ0) is 15.3. The van der Waals surface area contributed by atoms with E-state index in [1.54, 1.807) is 25.4 Å². The summed E-state index contributed by atoms with van der Waals surface area (Å²) in [6, 6.07) is 3.76. The Morgan fingerprint density at radius 1 is 1.25 bits per heavy atom. The van der Waals surface area contributed by atoms with Crippen LogP contribution in [0.4, 0.5) is 0 Å². The Morgan fingerprint density at radius 2 is 1.90 bits per heavy atom. The molecule has 114 valence electrons.